The Balaban J connectivity index is 1.76. The Hall–Kier alpha value is -4.11. The number of hydrogen-bond donors (Lipinski definition) is 3. The summed E-state index contributed by atoms with van der Waals surface area (Å²) >= 11 is 0. The van der Waals surface area contributed by atoms with Gasteiger partial charge in [0.05, 0.1) is 11.4 Å². The van der Waals surface area contributed by atoms with E-state index < -0.39 is 29.5 Å². The van der Waals surface area contributed by atoms with Crippen LogP contribution >= 0.6 is 0 Å². The number of amides is 3. The van der Waals surface area contributed by atoms with Gasteiger partial charge in [-0.05, 0) is 47.9 Å². The normalized spacial score (nSPS) is 15.2. The van der Waals surface area contributed by atoms with Crippen molar-refractivity contribution in [3.63, 3.8) is 0 Å². The van der Waals surface area contributed by atoms with Gasteiger partial charge in [-0.1, -0.05) is 44.2 Å². The first-order chi connectivity index (χ1) is 17.1. The molecular weight excluding hydrogens is 466 g/mol. The number of carbonyl (C=O) groups is 3. The van der Waals surface area contributed by atoms with Crippen molar-refractivity contribution in [1.82, 2.24) is 5.32 Å². The van der Waals surface area contributed by atoms with Crippen LogP contribution in [-0.4, -0.2) is 30.8 Å². The fourth-order valence-corrected chi connectivity index (χ4v) is 3.92. The highest BCUT2D eigenvalue weighted by atomic mass is 19.1. The van der Waals surface area contributed by atoms with Gasteiger partial charge < -0.3 is 16.4 Å². The first kappa shape index (κ1) is 25.0. The van der Waals surface area contributed by atoms with Crippen LogP contribution in [0.1, 0.15) is 46.2 Å². The Bertz CT molecular complexity index is 1310. The van der Waals surface area contributed by atoms with Gasteiger partial charge in [0, 0.05) is 23.7 Å². The van der Waals surface area contributed by atoms with Crippen molar-refractivity contribution in [3.8, 4) is 0 Å². The predicted octanol–water partition coefficient (Wildman–Crippen LogP) is 4.02. The van der Waals surface area contributed by atoms with Crippen molar-refractivity contribution in [2.24, 2.45) is 11.1 Å². The van der Waals surface area contributed by atoms with Crippen molar-refractivity contribution in [2.45, 2.75) is 19.9 Å². The molecule has 1 atom stereocenters. The molecule has 7 nitrogen and oxygen atoms in total. The Morgan fingerprint density at radius 3 is 2.31 bits per heavy atom. The minimum absolute atomic E-state index is 0.225. The van der Waals surface area contributed by atoms with Crippen LogP contribution in [0.3, 0.4) is 0 Å². The predicted molar refractivity (Wildman–Crippen MR) is 133 cm³/mol. The van der Waals surface area contributed by atoms with Crippen LogP contribution in [0.2, 0.25) is 0 Å². The van der Waals surface area contributed by atoms with Gasteiger partial charge in [-0.25, -0.2) is 8.78 Å². The molecule has 0 radical (unpaired) electrons. The molecule has 0 fully saturated rings. The molecule has 186 valence electrons. The molecule has 0 spiro atoms. The molecule has 1 heterocycles. The maximum atomic E-state index is 13.9. The summed E-state index contributed by atoms with van der Waals surface area (Å²) in [6.45, 7) is 4.56. The second kappa shape index (κ2) is 9.87. The van der Waals surface area contributed by atoms with Gasteiger partial charge in [0.15, 0.2) is 0 Å². The molecule has 0 saturated heterocycles. The molecule has 1 aliphatic heterocycles. The Labute approximate surface area is 207 Å². The zero-order chi connectivity index (χ0) is 26.0. The average Bonchev–Trinajstić information content (AvgIpc) is 2.85. The van der Waals surface area contributed by atoms with Gasteiger partial charge in [-0.3, -0.25) is 19.3 Å². The summed E-state index contributed by atoms with van der Waals surface area (Å²) < 4.78 is 27.9. The lowest BCUT2D eigenvalue weighted by Crippen LogP contribution is -2.45. The fourth-order valence-electron chi connectivity index (χ4n) is 3.92. The number of benzene rings is 3. The fraction of sp³-hybridized carbons (Fsp3) is 0.222. The number of hydrogen-bond acceptors (Lipinski definition) is 4. The Morgan fingerprint density at radius 2 is 1.67 bits per heavy atom. The van der Waals surface area contributed by atoms with Gasteiger partial charge in [0.2, 0.25) is 0 Å². The lowest BCUT2D eigenvalue weighted by atomic mass is 9.94. The molecule has 3 amide bonds. The maximum Gasteiger partial charge on any atom is 0.259 e. The van der Waals surface area contributed by atoms with Crippen LogP contribution in [0, 0.1) is 17.0 Å². The van der Waals surface area contributed by atoms with E-state index in [0.29, 0.717) is 24.7 Å². The molecule has 1 aliphatic rings. The van der Waals surface area contributed by atoms with Crippen molar-refractivity contribution >= 4 is 29.1 Å². The molecule has 4 rings (SSSR count). The minimum Gasteiger partial charge on any atom is -0.351 e. The van der Waals surface area contributed by atoms with Crippen LogP contribution in [0.4, 0.5) is 20.2 Å². The smallest absolute Gasteiger partial charge is 0.259 e. The molecular formula is C27H26F2N4O3. The van der Waals surface area contributed by atoms with E-state index in [2.05, 4.69) is 10.6 Å². The summed E-state index contributed by atoms with van der Waals surface area (Å²) in [4.78, 5) is 40.8. The van der Waals surface area contributed by atoms with E-state index >= 15 is 0 Å². The Morgan fingerprint density at radius 1 is 1.00 bits per heavy atom. The first-order valence-electron chi connectivity index (χ1n) is 11.4. The maximum absolute atomic E-state index is 13.9. The van der Waals surface area contributed by atoms with Gasteiger partial charge in [0.1, 0.15) is 17.7 Å². The first-order valence-corrected chi connectivity index (χ1v) is 11.4. The van der Waals surface area contributed by atoms with E-state index in [1.165, 1.54) is 23.1 Å². The molecule has 3 aromatic rings. The highest BCUT2D eigenvalue weighted by Gasteiger charge is 2.39. The number of fused-ring (bicyclic) bond motifs is 1. The SMILES string of the molecule is CC(C)(CN)CNC(=O)c1ccc2c(c1)NC(=O)C(c1ccccc1)N2C(=O)c1cc(F)cc(F)c1. The van der Waals surface area contributed by atoms with Crippen LogP contribution in [0.5, 0.6) is 0 Å². The summed E-state index contributed by atoms with van der Waals surface area (Å²) in [5.74, 6) is -3.49. The molecule has 3 aromatic carbocycles. The lowest BCUT2D eigenvalue weighted by molar-refractivity contribution is -0.117. The minimum atomic E-state index is -1.09. The molecule has 0 bridgehead atoms. The Kier molecular flexibility index (Phi) is 6.85. The van der Waals surface area contributed by atoms with Gasteiger partial charge in [-0.2, -0.15) is 0 Å². The molecule has 0 saturated carbocycles. The summed E-state index contributed by atoms with van der Waals surface area (Å²) in [6, 6.07) is 14.5. The number of nitrogens with two attached hydrogens (primary N) is 1. The van der Waals surface area contributed by atoms with E-state index in [4.69, 9.17) is 5.73 Å². The molecule has 0 aromatic heterocycles. The third kappa shape index (κ3) is 5.11. The quantitative estimate of drug-likeness (QED) is 0.483. The number of anilines is 2. The highest BCUT2D eigenvalue weighted by Crippen LogP contribution is 2.40. The summed E-state index contributed by atoms with van der Waals surface area (Å²) in [6.07, 6.45) is 0. The number of carbonyl (C=O) groups excluding carboxylic acids is 3. The summed E-state index contributed by atoms with van der Waals surface area (Å²) in [5.41, 5.74) is 6.47. The van der Waals surface area contributed by atoms with Crippen LogP contribution in [0.25, 0.3) is 0 Å². The van der Waals surface area contributed by atoms with E-state index in [9.17, 15) is 23.2 Å². The van der Waals surface area contributed by atoms with Crippen LogP contribution < -0.4 is 21.3 Å². The molecule has 4 N–H and O–H groups in total. The van der Waals surface area contributed by atoms with Crippen molar-refractivity contribution < 1.29 is 23.2 Å². The van der Waals surface area contributed by atoms with E-state index in [1.807, 2.05) is 13.8 Å². The van der Waals surface area contributed by atoms with Crippen molar-refractivity contribution in [3.05, 3.63) is 95.1 Å². The molecule has 0 aliphatic carbocycles. The third-order valence-electron chi connectivity index (χ3n) is 6.01. The molecule has 1 unspecified atom stereocenters. The van der Waals surface area contributed by atoms with Gasteiger partial charge in [-0.15, -0.1) is 0 Å². The summed E-state index contributed by atoms with van der Waals surface area (Å²) in [5, 5.41) is 5.58. The third-order valence-corrected chi connectivity index (χ3v) is 6.01. The number of nitrogens with zero attached hydrogens (tertiary/aromatic N) is 1. The zero-order valence-corrected chi connectivity index (χ0v) is 19.8. The average molecular weight is 493 g/mol. The van der Waals surface area contributed by atoms with E-state index in [1.54, 1.807) is 30.3 Å². The highest BCUT2D eigenvalue weighted by molar-refractivity contribution is 6.17. The second-order valence-corrected chi connectivity index (χ2v) is 9.42. The number of nitrogens with one attached hydrogen (secondary N) is 2. The number of halogens is 2. The standard InChI is InChI=1S/C27H26F2N4O3/c1-27(2,14-30)15-31-24(34)17-8-9-22-21(12-17)32-25(35)23(16-6-4-3-5-7-16)33(22)26(36)18-10-19(28)13-20(29)11-18/h3-13,23H,14-15,30H2,1-2H3,(H,31,34)(H,32,35). The van der Waals surface area contributed by atoms with Crippen LogP contribution in [-0.2, 0) is 4.79 Å². The molecule has 9 heteroatoms. The van der Waals surface area contributed by atoms with Gasteiger partial charge in [0.25, 0.3) is 17.7 Å². The second-order valence-electron chi connectivity index (χ2n) is 9.42. The van der Waals surface area contributed by atoms with Crippen molar-refractivity contribution in [2.75, 3.05) is 23.3 Å². The topological polar surface area (TPSA) is 105 Å². The summed E-state index contributed by atoms with van der Waals surface area (Å²) in [7, 11) is 0. The van der Waals surface area contributed by atoms with E-state index in [0.717, 1.165) is 12.1 Å². The zero-order valence-electron chi connectivity index (χ0n) is 19.8. The molecule has 36 heavy (non-hydrogen) atoms. The number of rotatable bonds is 6. The monoisotopic (exact) mass is 492 g/mol. The largest absolute Gasteiger partial charge is 0.351 e. The van der Waals surface area contributed by atoms with Crippen LogP contribution in [0.15, 0.2) is 66.7 Å². The lowest BCUT2D eigenvalue weighted by Gasteiger charge is -2.37. The van der Waals surface area contributed by atoms with Gasteiger partial charge >= 0.3 is 0 Å². The van der Waals surface area contributed by atoms with Crippen molar-refractivity contribution in [1.29, 1.82) is 0 Å². The van der Waals surface area contributed by atoms with E-state index in [-0.39, 0.29) is 33.8 Å².